The minimum absolute atomic E-state index is 0.0850. The third kappa shape index (κ3) is 3.93. The molecule has 2 aromatic heterocycles. The molecule has 4 rings (SSSR count). The molecule has 0 bridgehead atoms. The van der Waals surface area contributed by atoms with E-state index in [4.69, 9.17) is 11.6 Å². The Kier molecular flexibility index (Phi) is 5.84. The molecule has 33 heavy (non-hydrogen) atoms. The van der Waals surface area contributed by atoms with E-state index in [-0.39, 0.29) is 57.4 Å². The van der Waals surface area contributed by atoms with Gasteiger partial charge in [0.05, 0.1) is 17.4 Å². The van der Waals surface area contributed by atoms with E-state index >= 15 is 0 Å². The molecule has 0 atom stereocenters. The topological polar surface area (TPSA) is 90.4 Å². The van der Waals surface area contributed by atoms with E-state index in [1.54, 1.807) is 19.9 Å². The van der Waals surface area contributed by atoms with Crippen molar-refractivity contribution in [2.75, 3.05) is 0 Å². The highest BCUT2D eigenvalue weighted by Crippen LogP contribution is 2.21. The Morgan fingerprint density at radius 2 is 1.88 bits per heavy atom. The molecule has 0 unspecified atom stereocenters. The van der Waals surface area contributed by atoms with Crippen molar-refractivity contribution in [3.63, 3.8) is 0 Å². The number of hydrogen-bond acceptors (Lipinski definition) is 4. The normalized spacial score (nSPS) is 11.8. The zero-order valence-electron chi connectivity index (χ0n) is 18.6. The second kappa shape index (κ2) is 8.47. The number of aromatic nitrogens is 4. The smallest absolute Gasteiger partial charge is 0.350 e. The van der Waals surface area contributed by atoms with E-state index in [0.29, 0.717) is 5.56 Å². The predicted octanol–water partition coefficient (Wildman–Crippen LogP) is 3.37. The largest absolute Gasteiger partial charge is 0.352 e. The van der Waals surface area contributed by atoms with Crippen LogP contribution in [0.25, 0.3) is 16.7 Å². The summed E-state index contributed by atoms with van der Waals surface area (Å²) in [5, 5.41) is 7.57. The van der Waals surface area contributed by atoms with Gasteiger partial charge in [-0.05, 0) is 58.0 Å². The Labute approximate surface area is 193 Å². The van der Waals surface area contributed by atoms with E-state index in [2.05, 4.69) is 10.4 Å². The van der Waals surface area contributed by atoms with Crippen molar-refractivity contribution in [1.82, 2.24) is 24.1 Å². The van der Waals surface area contributed by atoms with E-state index in [1.807, 2.05) is 13.8 Å². The second-order valence-electron chi connectivity index (χ2n) is 8.40. The first-order chi connectivity index (χ1) is 15.6. The van der Waals surface area contributed by atoms with E-state index < -0.39 is 11.5 Å². The Morgan fingerprint density at radius 1 is 1.15 bits per heavy atom. The van der Waals surface area contributed by atoms with Gasteiger partial charge in [-0.25, -0.2) is 18.3 Å². The maximum Gasteiger partial charge on any atom is 0.352 e. The van der Waals surface area contributed by atoms with Crippen molar-refractivity contribution >= 4 is 34.2 Å². The van der Waals surface area contributed by atoms with Gasteiger partial charge in [-0.2, -0.15) is 0 Å². The lowest BCUT2D eigenvalue weighted by atomic mass is 10.1. The first-order valence-corrected chi connectivity index (χ1v) is 10.9. The van der Waals surface area contributed by atoms with Gasteiger partial charge in [0, 0.05) is 28.2 Å². The summed E-state index contributed by atoms with van der Waals surface area (Å²) in [7, 11) is 0. The van der Waals surface area contributed by atoms with Crippen LogP contribution in [0.2, 0.25) is 5.02 Å². The Hall–Kier alpha value is -3.46. The maximum absolute atomic E-state index is 14.4. The van der Waals surface area contributed by atoms with Gasteiger partial charge in [-0.3, -0.25) is 14.2 Å². The molecule has 0 aliphatic rings. The van der Waals surface area contributed by atoms with Gasteiger partial charge in [0.1, 0.15) is 5.82 Å². The van der Waals surface area contributed by atoms with Crippen LogP contribution >= 0.6 is 11.6 Å². The van der Waals surface area contributed by atoms with E-state index in [0.717, 1.165) is 4.68 Å². The minimum atomic E-state index is -0.579. The van der Waals surface area contributed by atoms with Crippen LogP contribution in [0.1, 0.15) is 49.7 Å². The van der Waals surface area contributed by atoms with Crippen molar-refractivity contribution in [1.29, 1.82) is 0 Å². The summed E-state index contributed by atoms with van der Waals surface area (Å²) >= 11 is 6.14. The second-order valence-corrected chi connectivity index (χ2v) is 8.81. The molecule has 1 amide bonds. The number of halogens is 2. The first kappa shape index (κ1) is 22.7. The Bertz CT molecular complexity index is 1500. The van der Waals surface area contributed by atoms with Crippen LogP contribution in [0, 0.1) is 5.82 Å². The van der Waals surface area contributed by atoms with Crippen LogP contribution in [0.5, 0.6) is 0 Å². The van der Waals surface area contributed by atoms with Crippen molar-refractivity contribution in [2.24, 2.45) is 0 Å². The number of nitrogens with zero attached hydrogens (tertiary/aromatic N) is 4. The summed E-state index contributed by atoms with van der Waals surface area (Å²) in [5.41, 5.74) is -0.255. The van der Waals surface area contributed by atoms with Gasteiger partial charge < -0.3 is 5.32 Å². The number of benzene rings is 2. The number of nitrogens with one attached hydrogen (secondary N) is 1. The molecule has 1 N–H and O–H groups in total. The van der Waals surface area contributed by atoms with Crippen LogP contribution in [0.4, 0.5) is 4.39 Å². The third-order valence-corrected chi connectivity index (χ3v) is 5.65. The van der Waals surface area contributed by atoms with Crippen molar-refractivity contribution in [3.05, 3.63) is 79.2 Å². The lowest BCUT2D eigenvalue weighted by molar-refractivity contribution is 0.0943. The quantitative estimate of drug-likeness (QED) is 0.483. The van der Waals surface area contributed by atoms with Gasteiger partial charge in [-0.1, -0.05) is 17.7 Å². The molecule has 2 aromatic carbocycles. The van der Waals surface area contributed by atoms with Gasteiger partial charge in [0.25, 0.3) is 11.5 Å². The standard InChI is InChI=1S/C23H23ClFN5O3/c1-12(2)26-20(31)14-8-9-15-19(10-14)30-22(29(13(3)4)21(15)32)27-28(23(30)33)11-16-17(24)6-5-7-18(16)25/h5-10,12-13H,11H2,1-4H3,(H,26,31). The molecule has 2 heterocycles. The molecule has 0 spiro atoms. The van der Waals surface area contributed by atoms with Crippen LogP contribution < -0.4 is 16.6 Å². The summed E-state index contributed by atoms with van der Waals surface area (Å²) in [6.07, 6.45) is 0. The van der Waals surface area contributed by atoms with Crippen LogP contribution in [0.3, 0.4) is 0 Å². The molecule has 0 aliphatic carbocycles. The van der Waals surface area contributed by atoms with Crippen molar-refractivity contribution in [2.45, 2.75) is 46.3 Å². The zero-order valence-corrected chi connectivity index (χ0v) is 19.4. The molecule has 8 nitrogen and oxygen atoms in total. The Morgan fingerprint density at radius 3 is 2.52 bits per heavy atom. The van der Waals surface area contributed by atoms with Gasteiger partial charge in [0.2, 0.25) is 5.78 Å². The molecule has 0 radical (unpaired) electrons. The fraction of sp³-hybridized carbons (Fsp3) is 0.304. The van der Waals surface area contributed by atoms with Gasteiger partial charge in [0.15, 0.2) is 0 Å². The van der Waals surface area contributed by atoms with Crippen molar-refractivity contribution in [3.8, 4) is 0 Å². The van der Waals surface area contributed by atoms with Gasteiger partial charge in [-0.15, -0.1) is 5.10 Å². The molecule has 10 heteroatoms. The summed E-state index contributed by atoms with van der Waals surface area (Å²) < 4.78 is 18.1. The highest BCUT2D eigenvalue weighted by molar-refractivity contribution is 6.31. The number of fused-ring (bicyclic) bond motifs is 3. The summed E-state index contributed by atoms with van der Waals surface area (Å²) in [4.78, 5) is 39.2. The number of hydrogen-bond donors (Lipinski definition) is 1. The number of amides is 1. The highest BCUT2D eigenvalue weighted by atomic mass is 35.5. The number of carbonyl (C=O) groups is 1. The van der Waals surface area contributed by atoms with Crippen molar-refractivity contribution < 1.29 is 9.18 Å². The maximum atomic E-state index is 14.4. The third-order valence-electron chi connectivity index (χ3n) is 5.29. The monoisotopic (exact) mass is 471 g/mol. The zero-order chi connectivity index (χ0) is 24.0. The lowest BCUT2D eigenvalue weighted by Gasteiger charge is -2.13. The average Bonchev–Trinajstić information content (AvgIpc) is 3.05. The average molecular weight is 472 g/mol. The number of rotatable bonds is 5. The highest BCUT2D eigenvalue weighted by Gasteiger charge is 2.21. The summed E-state index contributed by atoms with van der Waals surface area (Å²) in [5.74, 6) is -0.793. The predicted molar refractivity (Wildman–Crippen MR) is 125 cm³/mol. The molecular weight excluding hydrogens is 449 g/mol. The number of carbonyl (C=O) groups excluding carboxylic acids is 1. The molecule has 0 aliphatic heterocycles. The van der Waals surface area contributed by atoms with E-state index in [9.17, 15) is 18.8 Å². The molecule has 172 valence electrons. The fourth-order valence-corrected chi connectivity index (χ4v) is 3.99. The summed E-state index contributed by atoms with van der Waals surface area (Å²) in [6, 6.07) is 8.44. The SMILES string of the molecule is CC(C)NC(=O)c1ccc2c(=O)n(C(C)C)c3nn(Cc4c(F)cccc4Cl)c(=O)n3c2c1. The molecule has 4 aromatic rings. The van der Waals surface area contributed by atoms with Gasteiger partial charge >= 0.3 is 5.69 Å². The molecule has 0 fully saturated rings. The van der Waals surface area contributed by atoms with Crippen LogP contribution in [-0.4, -0.2) is 30.7 Å². The molecule has 0 saturated heterocycles. The fourth-order valence-electron chi connectivity index (χ4n) is 3.77. The molecule has 0 saturated carbocycles. The molecular formula is C23H23ClFN5O3. The minimum Gasteiger partial charge on any atom is -0.350 e. The summed E-state index contributed by atoms with van der Waals surface area (Å²) in [6.45, 7) is 7.05. The lowest BCUT2D eigenvalue weighted by Crippen LogP contribution is -2.31. The Balaban J connectivity index is 2.02. The van der Waals surface area contributed by atoms with E-state index in [1.165, 1.54) is 39.3 Å². The van der Waals surface area contributed by atoms with Crippen LogP contribution in [0.15, 0.2) is 46.0 Å². The van der Waals surface area contributed by atoms with Crippen LogP contribution in [-0.2, 0) is 6.54 Å². The first-order valence-electron chi connectivity index (χ1n) is 10.5.